The summed E-state index contributed by atoms with van der Waals surface area (Å²) in [5.74, 6) is 1.75. The Labute approximate surface area is 487 Å². The van der Waals surface area contributed by atoms with E-state index in [1.165, 1.54) is 127 Å². The molecular formula is C76H45B3N4O. The lowest BCUT2D eigenvalue weighted by atomic mass is 9.28. The van der Waals surface area contributed by atoms with Crippen molar-refractivity contribution in [3.05, 3.63) is 273 Å². The Bertz CT molecular complexity index is 5160. The average Bonchev–Trinajstić information content (AvgIpc) is 0.731. The van der Waals surface area contributed by atoms with Crippen molar-refractivity contribution in [2.45, 2.75) is 0 Å². The SMILES string of the molecule is c1ccc(N2c3ccccc3B3c4cc5c(cc4Oc4cc(-c6ccc7ccc8cccc9ccc6c7c89)cc2c43)N(c2ccccc2)c2cc3c4c6c2B5c2ccccc2N6c2ccccc2B4c2ccccc2N3c2ccccc2)cc1. The summed E-state index contributed by atoms with van der Waals surface area (Å²) in [6, 6.07) is 102. The molecule has 6 aliphatic rings. The molecule has 0 saturated carbocycles. The second-order valence-electron chi connectivity index (χ2n) is 23.4. The van der Waals surface area contributed by atoms with E-state index in [2.05, 4.69) is 293 Å². The molecule has 6 aliphatic heterocycles. The minimum atomic E-state index is -0.133. The number of rotatable bonds is 4. The van der Waals surface area contributed by atoms with E-state index in [9.17, 15) is 0 Å². The van der Waals surface area contributed by atoms with Crippen LogP contribution in [0.25, 0.3) is 43.4 Å². The van der Waals surface area contributed by atoms with E-state index in [1.54, 1.807) is 0 Å². The number of benzene rings is 14. The predicted octanol–water partition coefficient (Wildman–Crippen LogP) is 13.4. The first-order chi connectivity index (χ1) is 41.7. The van der Waals surface area contributed by atoms with E-state index in [0.29, 0.717) is 0 Å². The van der Waals surface area contributed by atoms with Crippen LogP contribution in [0.15, 0.2) is 273 Å². The van der Waals surface area contributed by atoms with Crippen LogP contribution < -0.4 is 73.5 Å². The Morgan fingerprint density at radius 1 is 0.262 bits per heavy atom. The summed E-state index contributed by atoms with van der Waals surface area (Å²) in [7, 11) is 0. The number of para-hydroxylation sites is 7. The monoisotopic (exact) mass is 1060 g/mol. The highest BCUT2D eigenvalue weighted by Gasteiger charge is 2.53. The van der Waals surface area contributed by atoms with E-state index in [1.807, 2.05) is 0 Å². The molecule has 0 aromatic heterocycles. The van der Waals surface area contributed by atoms with Crippen LogP contribution in [0.4, 0.5) is 68.2 Å². The van der Waals surface area contributed by atoms with Gasteiger partial charge < -0.3 is 24.3 Å². The Morgan fingerprint density at radius 3 is 1.26 bits per heavy atom. The fourth-order valence-corrected chi connectivity index (χ4v) is 16.1. The molecule has 0 atom stereocenters. The summed E-state index contributed by atoms with van der Waals surface area (Å²) < 4.78 is 7.74. The van der Waals surface area contributed by atoms with E-state index in [-0.39, 0.29) is 20.1 Å². The average molecular weight is 1060 g/mol. The molecule has 0 unspecified atom stereocenters. The van der Waals surface area contributed by atoms with Gasteiger partial charge >= 0.3 is 0 Å². The zero-order valence-corrected chi connectivity index (χ0v) is 45.4. The molecule has 8 heteroatoms. The highest BCUT2D eigenvalue weighted by Crippen LogP contribution is 2.52. The lowest BCUT2D eigenvalue weighted by molar-refractivity contribution is 0.488. The topological polar surface area (TPSA) is 22.2 Å². The van der Waals surface area contributed by atoms with Crippen LogP contribution in [-0.2, 0) is 0 Å². The fraction of sp³-hybridized carbons (Fsp3) is 0. The van der Waals surface area contributed by atoms with Gasteiger partial charge in [-0.15, -0.1) is 0 Å². The maximum absolute atomic E-state index is 7.74. The molecule has 0 bridgehead atoms. The van der Waals surface area contributed by atoms with Crippen molar-refractivity contribution in [1.29, 1.82) is 0 Å². The predicted molar refractivity (Wildman–Crippen MR) is 355 cm³/mol. The summed E-state index contributed by atoms with van der Waals surface area (Å²) >= 11 is 0. The maximum atomic E-state index is 7.74. The van der Waals surface area contributed by atoms with Gasteiger partial charge in [0.05, 0.1) is 0 Å². The van der Waals surface area contributed by atoms with Gasteiger partial charge in [-0.1, -0.05) is 188 Å². The number of hydrogen-bond donors (Lipinski definition) is 0. The molecule has 0 aliphatic carbocycles. The largest absolute Gasteiger partial charge is 0.458 e. The van der Waals surface area contributed by atoms with Gasteiger partial charge in [-0.2, -0.15) is 0 Å². The van der Waals surface area contributed by atoms with Crippen molar-refractivity contribution in [2.24, 2.45) is 0 Å². The standard InChI is InChI=1S/C76H45B3N4O/c1-4-21-50(22-5-1)80-62-32-15-11-28-56(62)79-60-43-59-65(45-69(60)84-70-42-49(41-66(80)73(70)79)53-39-37-48-36-35-46-19-18-20-47-38-40-54(53)72(48)71(46)47)82(52-25-8-3-9-26-52)68-44-67-74-76-75(68)78(59)58-30-13-17-34-64(58)83(76)63-33-16-12-29-57(63)77(74)55-27-10-14-31-61(55)81(67)51-23-6-2-7-24-51/h1-45H. The van der Waals surface area contributed by atoms with Crippen LogP contribution in [0.1, 0.15) is 0 Å². The summed E-state index contributed by atoms with van der Waals surface area (Å²) in [4.78, 5) is 10.2. The molecule has 6 heterocycles. The number of nitrogens with zero attached hydrogens (tertiary/aromatic N) is 4. The van der Waals surface area contributed by atoms with Gasteiger partial charge in [-0.05, 0) is 171 Å². The van der Waals surface area contributed by atoms with Crippen molar-refractivity contribution in [2.75, 3.05) is 19.6 Å². The highest BCUT2D eigenvalue weighted by molar-refractivity contribution is 7.05. The van der Waals surface area contributed by atoms with Crippen LogP contribution in [0.2, 0.25) is 0 Å². The first-order valence-corrected chi connectivity index (χ1v) is 29.3. The lowest BCUT2D eigenvalue weighted by Gasteiger charge is -2.51. The molecule has 5 nitrogen and oxygen atoms in total. The first kappa shape index (κ1) is 45.0. The molecule has 0 spiro atoms. The third kappa shape index (κ3) is 5.81. The maximum Gasteiger partial charge on any atom is 0.256 e. The van der Waals surface area contributed by atoms with Gasteiger partial charge in [0.1, 0.15) is 11.5 Å². The summed E-state index contributed by atoms with van der Waals surface area (Å²) in [5.41, 5.74) is 27.8. The first-order valence-electron chi connectivity index (χ1n) is 29.3. The Balaban J connectivity index is 0.876. The number of hydrogen-bond acceptors (Lipinski definition) is 5. The Hall–Kier alpha value is -10.7. The second-order valence-corrected chi connectivity index (χ2v) is 23.4. The van der Waals surface area contributed by atoms with E-state index in [4.69, 9.17) is 4.74 Å². The molecule has 0 fully saturated rings. The van der Waals surface area contributed by atoms with Gasteiger partial charge in [-0.25, -0.2) is 0 Å². The summed E-state index contributed by atoms with van der Waals surface area (Å²) in [6.07, 6.45) is 0. The zero-order chi connectivity index (χ0) is 54.5. The van der Waals surface area contributed by atoms with Crippen molar-refractivity contribution in [1.82, 2.24) is 0 Å². The van der Waals surface area contributed by atoms with Crippen molar-refractivity contribution < 1.29 is 4.74 Å². The second kappa shape index (κ2) is 16.5. The molecule has 0 amide bonds. The molecule has 384 valence electrons. The molecule has 14 aromatic carbocycles. The third-order valence-electron chi connectivity index (χ3n) is 19.3. The van der Waals surface area contributed by atoms with Crippen molar-refractivity contribution >= 4 is 170 Å². The van der Waals surface area contributed by atoms with Gasteiger partial charge in [-0.3, -0.25) is 0 Å². The molecule has 20 rings (SSSR count). The van der Waals surface area contributed by atoms with Gasteiger partial charge in [0.2, 0.25) is 0 Å². The summed E-state index contributed by atoms with van der Waals surface area (Å²) in [6.45, 7) is -0.240. The van der Waals surface area contributed by atoms with Crippen LogP contribution in [0.5, 0.6) is 11.5 Å². The normalized spacial score (nSPS) is 14.1. The van der Waals surface area contributed by atoms with Crippen molar-refractivity contribution in [3.63, 3.8) is 0 Å². The van der Waals surface area contributed by atoms with E-state index >= 15 is 0 Å². The highest BCUT2D eigenvalue weighted by atomic mass is 16.5. The molecular weight excluding hydrogens is 1020 g/mol. The molecule has 0 radical (unpaired) electrons. The molecule has 0 saturated heterocycles. The van der Waals surface area contributed by atoms with Crippen LogP contribution in [0.3, 0.4) is 0 Å². The minimum absolute atomic E-state index is 0.00537. The van der Waals surface area contributed by atoms with Gasteiger partial charge in [0.25, 0.3) is 20.1 Å². The van der Waals surface area contributed by atoms with Gasteiger partial charge in [0.15, 0.2) is 0 Å². The minimum Gasteiger partial charge on any atom is -0.458 e. The van der Waals surface area contributed by atoms with E-state index in [0.717, 1.165) is 45.5 Å². The lowest BCUT2D eigenvalue weighted by Crippen LogP contribution is -2.69. The van der Waals surface area contributed by atoms with Gasteiger partial charge in [0, 0.05) is 74.3 Å². The van der Waals surface area contributed by atoms with Crippen molar-refractivity contribution in [3.8, 4) is 22.6 Å². The Kier molecular flexibility index (Phi) is 8.83. The fourth-order valence-electron chi connectivity index (χ4n) is 16.1. The Morgan fingerprint density at radius 2 is 0.702 bits per heavy atom. The zero-order valence-electron chi connectivity index (χ0n) is 45.4. The summed E-state index contributed by atoms with van der Waals surface area (Å²) in [5, 5.41) is 7.62. The van der Waals surface area contributed by atoms with E-state index < -0.39 is 0 Å². The smallest absolute Gasteiger partial charge is 0.256 e. The van der Waals surface area contributed by atoms with Crippen LogP contribution in [-0.4, -0.2) is 20.1 Å². The number of ether oxygens (including phenoxy) is 1. The molecule has 84 heavy (non-hydrogen) atoms. The molecule has 14 aromatic rings. The molecule has 0 N–H and O–H groups in total. The number of anilines is 12. The van der Waals surface area contributed by atoms with Crippen LogP contribution >= 0.6 is 0 Å². The quantitative estimate of drug-likeness (QED) is 0.129. The van der Waals surface area contributed by atoms with Crippen LogP contribution in [0, 0.1) is 0 Å². The third-order valence-corrected chi connectivity index (χ3v) is 19.3. The number of fused-ring (bicyclic) bond motifs is 14.